The Kier molecular flexibility index (Phi) is 7.16. The van der Waals surface area contributed by atoms with Gasteiger partial charge < -0.3 is 10.2 Å². The molecule has 2 heterocycles. The van der Waals surface area contributed by atoms with Crippen LogP contribution in [0.3, 0.4) is 0 Å². The summed E-state index contributed by atoms with van der Waals surface area (Å²) < 4.78 is 42.0. The topological polar surface area (TPSA) is 35.6 Å². The molecule has 1 aromatic carbocycles. The van der Waals surface area contributed by atoms with Crippen LogP contribution in [0.15, 0.2) is 30.3 Å². The molecular weight excluding hydrogens is 379 g/mol. The van der Waals surface area contributed by atoms with Gasteiger partial charge in [-0.3, -0.25) is 9.69 Å². The molecule has 0 radical (unpaired) electrons. The van der Waals surface area contributed by atoms with Gasteiger partial charge in [0, 0.05) is 32.2 Å². The summed E-state index contributed by atoms with van der Waals surface area (Å²) in [5.41, 5.74) is -1.30. The Morgan fingerprint density at radius 1 is 1.19 bits per heavy atom. The number of halogens is 4. The lowest BCUT2D eigenvalue weighted by molar-refractivity contribution is -0.224. The van der Waals surface area contributed by atoms with E-state index in [2.05, 4.69) is 5.32 Å². The molecule has 152 valence electrons. The van der Waals surface area contributed by atoms with Gasteiger partial charge in [0.1, 0.15) is 0 Å². The Bertz CT molecular complexity index is 620. The molecule has 0 bridgehead atoms. The maximum atomic E-state index is 14.0. The van der Waals surface area contributed by atoms with Gasteiger partial charge in [-0.2, -0.15) is 13.2 Å². The minimum Gasteiger partial charge on any atom is -0.342 e. The van der Waals surface area contributed by atoms with Gasteiger partial charge in [0.2, 0.25) is 5.91 Å². The van der Waals surface area contributed by atoms with Crippen LogP contribution >= 0.6 is 12.4 Å². The molecule has 0 aromatic heterocycles. The van der Waals surface area contributed by atoms with Crippen LogP contribution in [-0.4, -0.2) is 61.2 Å². The van der Waals surface area contributed by atoms with Crippen molar-refractivity contribution >= 4 is 18.3 Å². The van der Waals surface area contributed by atoms with E-state index in [4.69, 9.17) is 0 Å². The molecule has 1 unspecified atom stereocenters. The number of benzene rings is 1. The van der Waals surface area contributed by atoms with Crippen LogP contribution in [0, 0.1) is 5.41 Å². The van der Waals surface area contributed by atoms with Gasteiger partial charge in [0.25, 0.3) is 0 Å². The van der Waals surface area contributed by atoms with Gasteiger partial charge in [-0.05, 0) is 38.4 Å². The summed E-state index contributed by atoms with van der Waals surface area (Å²) in [7, 11) is 1.85. The summed E-state index contributed by atoms with van der Waals surface area (Å²) >= 11 is 0. The molecule has 0 spiro atoms. The molecule has 2 aliphatic heterocycles. The molecule has 27 heavy (non-hydrogen) atoms. The van der Waals surface area contributed by atoms with Gasteiger partial charge in [-0.1, -0.05) is 30.3 Å². The van der Waals surface area contributed by atoms with Crippen molar-refractivity contribution in [1.29, 1.82) is 0 Å². The minimum atomic E-state index is -4.53. The number of amides is 1. The first-order valence-corrected chi connectivity index (χ1v) is 9.15. The number of piperidine rings is 1. The number of hydrogen-bond acceptors (Lipinski definition) is 3. The molecule has 2 saturated heterocycles. The molecule has 1 aromatic rings. The standard InChI is InChI=1S/C19H26F3N3O.ClH/c1-23-16-7-10-25(11-8-16)17(26)18(19(20,21)22)9-12-24(14-18)13-15-5-3-2-4-6-15;/h2-6,16,23H,7-14H2,1H3;1H. The largest absolute Gasteiger partial charge is 0.404 e. The second-order valence-corrected chi connectivity index (χ2v) is 7.38. The Morgan fingerprint density at radius 3 is 2.37 bits per heavy atom. The maximum Gasteiger partial charge on any atom is 0.404 e. The number of rotatable bonds is 4. The van der Waals surface area contributed by atoms with Crippen LogP contribution < -0.4 is 5.32 Å². The van der Waals surface area contributed by atoms with Crippen molar-refractivity contribution in [1.82, 2.24) is 15.1 Å². The fourth-order valence-electron chi connectivity index (χ4n) is 4.07. The van der Waals surface area contributed by atoms with Gasteiger partial charge >= 0.3 is 6.18 Å². The number of carbonyl (C=O) groups is 1. The first-order valence-electron chi connectivity index (χ1n) is 9.15. The second kappa shape index (κ2) is 8.80. The van der Waals surface area contributed by atoms with Crippen LogP contribution in [0.5, 0.6) is 0 Å². The van der Waals surface area contributed by atoms with Crippen LogP contribution in [-0.2, 0) is 11.3 Å². The molecule has 2 aliphatic rings. The molecule has 4 nitrogen and oxygen atoms in total. The van der Waals surface area contributed by atoms with Crippen LogP contribution in [0.4, 0.5) is 13.2 Å². The summed E-state index contributed by atoms with van der Waals surface area (Å²) in [5, 5.41) is 3.14. The maximum absolute atomic E-state index is 14.0. The van der Waals surface area contributed by atoms with Crippen molar-refractivity contribution in [3.05, 3.63) is 35.9 Å². The smallest absolute Gasteiger partial charge is 0.342 e. The zero-order valence-electron chi connectivity index (χ0n) is 15.5. The van der Waals surface area contributed by atoms with E-state index in [1.54, 1.807) is 4.90 Å². The molecule has 3 rings (SSSR count). The van der Waals surface area contributed by atoms with E-state index in [-0.39, 0.29) is 38.0 Å². The first kappa shape index (κ1) is 22.0. The average molecular weight is 406 g/mol. The van der Waals surface area contributed by atoms with Crippen molar-refractivity contribution in [2.24, 2.45) is 5.41 Å². The lowest BCUT2D eigenvalue weighted by Gasteiger charge is -2.39. The van der Waals surface area contributed by atoms with Crippen molar-refractivity contribution in [3.63, 3.8) is 0 Å². The fraction of sp³-hybridized carbons (Fsp3) is 0.632. The monoisotopic (exact) mass is 405 g/mol. The molecule has 8 heteroatoms. The third-order valence-corrected chi connectivity index (χ3v) is 5.74. The average Bonchev–Trinajstić information content (AvgIpc) is 3.07. The van der Waals surface area contributed by atoms with Gasteiger partial charge in [-0.25, -0.2) is 0 Å². The Morgan fingerprint density at radius 2 is 1.81 bits per heavy atom. The zero-order valence-corrected chi connectivity index (χ0v) is 16.3. The predicted molar refractivity (Wildman–Crippen MR) is 101 cm³/mol. The van der Waals surface area contributed by atoms with Crippen LogP contribution in [0.25, 0.3) is 0 Å². The van der Waals surface area contributed by atoms with Crippen molar-refractivity contribution in [3.8, 4) is 0 Å². The molecule has 1 N–H and O–H groups in total. The Balaban J connectivity index is 0.00000261. The van der Waals surface area contributed by atoms with E-state index in [1.807, 2.05) is 37.4 Å². The van der Waals surface area contributed by atoms with Crippen LogP contribution in [0.2, 0.25) is 0 Å². The number of nitrogens with zero attached hydrogens (tertiary/aromatic N) is 2. The van der Waals surface area contributed by atoms with Crippen molar-refractivity contribution in [2.45, 2.75) is 38.0 Å². The lowest BCUT2D eigenvalue weighted by Crippen LogP contribution is -2.56. The third kappa shape index (κ3) is 4.58. The van der Waals surface area contributed by atoms with E-state index >= 15 is 0 Å². The van der Waals surface area contributed by atoms with Gasteiger partial charge in [0.05, 0.1) is 0 Å². The molecule has 1 atom stereocenters. The van der Waals surface area contributed by atoms with Crippen molar-refractivity contribution in [2.75, 3.05) is 33.2 Å². The summed E-state index contributed by atoms with van der Waals surface area (Å²) in [4.78, 5) is 16.1. The SMILES string of the molecule is CNC1CCN(C(=O)C2(C(F)(F)F)CCN(Cc3ccccc3)C2)CC1.Cl. The number of likely N-dealkylation sites (tertiary alicyclic amines) is 2. The predicted octanol–water partition coefficient (Wildman–Crippen LogP) is 3.07. The summed E-state index contributed by atoms with van der Waals surface area (Å²) in [6.45, 7) is 1.25. The van der Waals surface area contributed by atoms with E-state index in [1.165, 1.54) is 4.90 Å². The highest BCUT2D eigenvalue weighted by Crippen LogP contribution is 2.47. The first-order chi connectivity index (χ1) is 12.4. The highest BCUT2D eigenvalue weighted by Gasteiger charge is 2.64. The van der Waals surface area contributed by atoms with E-state index < -0.39 is 17.5 Å². The normalized spacial score (nSPS) is 24.7. The van der Waals surface area contributed by atoms with Crippen molar-refractivity contribution < 1.29 is 18.0 Å². The molecule has 0 aliphatic carbocycles. The third-order valence-electron chi connectivity index (χ3n) is 5.74. The quantitative estimate of drug-likeness (QED) is 0.836. The molecule has 1 amide bonds. The molecule has 2 fully saturated rings. The lowest BCUT2D eigenvalue weighted by atomic mass is 9.83. The number of alkyl halides is 3. The number of nitrogens with one attached hydrogen (secondary N) is 1. The highest BCUT2D eigenvalue weighted by atomic mass is 35.5. The van der Waals surface area contributed by atoms with E-state index in [0.717, 1.165) is 5.56 Å². The van der Waals surface area contributed by atoms with Gasteiger partial charge in [-0.15, -0.1) is 12.4 Å². The summed E-state index contributed by atoms with van der Waals surface area (Å²) in [6, 6.07) is 9.71. The fourth-order valence-corrected chi connectivity index (χ4v) is 4.07. The molecule has 0 saturated carbocycles. The molecular formula is C19H27ClF3N3O. The van der Waals surface area contributed by atoms with E-state index in [9.17, 15) is 18.0 Å². The number of hydrogen-bond donors (Lipinski definition) is 1. The minimum absolute atomic E-state index is 0. The zero-order chi connectivity index (χ0) is 18.8. The summed E-state index contributed by atoms with van der Waals surface area (Å²) in [5.74, 6) is -0.741. The van der Waals surface area contributed by atoms with Gasteiger partial charge in [0.15, 0.2) is 5.41 Å². The van der Waals surface area contributed by atoms with E-state index in [0.29, 0.717) is 32.5 Å². The summed E-state index contributed by atoms with van der Waals surface area (Å²) in [6.07, 6.45) is -3.29. The Labute approximate surface area is 164 Å². The Hall–Kier alpha value is -1.31. The number of carbonyl (C=O) groups excluding carboxylic acids is 1. The second-order valence-electron chi connectivity index (χ2n) is 7.38. The van der Waals surface area contributed by atoms with Crippen LogP contribution in [0.1, 0.15) is 24.8 Å². The highest BCUT2D eigenvalue weighted by molar-refractivity contribution is 5.85.